The molecule has 0 spiro atoms. The zero-order chi connectivity index (χ0) is 22.1. The summed E-state index contributed by atoms with van der Waals surface area (Å²) in [5.74, 6) is 1.49. The molecular formula is C25H41F3O2. The van der Waals surface area contributed by atoms with Crippen LogP contribution in [0, 0.1) is 46.3 Å². The lowest BCUT2D eigenvalue weighted by Gasteiger charge is -2.62. The highest BCUT2D eigenvalue weighted by atomic mass is 19.4. The van der Waals surface area contributed by atoms with Crippen molar-refractivity contribution in [1.29, 1.82) is 0 Å². The van der Waals surface area contributed by atoms with Crippen molar-refractivity contribution in [1.82, 2.24) is 0 Å². The summed E-state index contributed by atoms with van der Waals surface area (Å²) in [6.45, 7) is 8.40. The van der Waals surface area contributed by atoms with Crippen LogP contribution >= 0.6 is 0 Å². The van der Waals surface area contributed by atoms with Crippen LogP contribution in [0.25, 0.3) is 0 Å². The van der Waals surface area contributed by atoms with E-state index in [2.05, 4.69) is 20.8 Å². The Hall–Kier alpha value is -0.290. The van der Waals surface area contributed by atoms with Crippen LogP contribution in [-0.4, -0.2) is 28.1 Å². The summed E-state index contributed by atoms with van der Waals surface area (Å²) < 4.78 is 39.7. The predicted octanol–water partition coefficient (Wildman–Crippen LogP) is 6.35. The Balaban J connectivity index is 1.54. The molecule has 0 amide bonds. The van der Waals surface area contributed by atoms with Crippen LogP contribution in [-0.2, 0) is 0 Å². The summed E-state index contributed by atoms with van der Waals surface area (Å²) in [5, 5.41) is 20.9. The molecule has 0 aromatic heterocycles. The summed E-state index contributed by atoms with van der Waals surface area (Å²) in [6.07, 6.45) is 3.19. The van der Waals surface area contributed by atoms with Crippen molar-refractivity contribution in [2.45, 2.75) is 110 Å². The monoisotopic (exact) mass is 430 g/mol. The molecule has 4 rings (SSSR count). The first-order valence-electron chi connectivity index (χ1n) is 12.3. The summed E-state index contributed by atoms with van der Waals surface area (Å²) >= 11 is 0. The molecule has 0 saturated heterocycles. The molecule has 174 valence electrons. The molecule has 0 aromatic carbocycles. The second-order valence-corrected chi connectivity index (χ2v) is 12.0. The van der Waals surface area contributed by atoms with E-state index in [9.17, 15) is 23.4 Å². The largest absolute Gasteiger partial charge is 0.414 e. The van der Waals surface area contributed by atoms with Crippen molar-refractivity contribution in [3.8, 4) is 0 Å². The van der Waals surface area contributed by atoms with Gasteiger partial charge in [-0.05, 0) is 111 Å². The SMILES string of the molecule is CCC1(O)CCC2(C)C(CCC3C2CCC2(C)C3CCC2[C@H](C)[C@@H](O)C(F)(F)F)C1. The molecular weight excluding hydrogens is 389 g/mol. The fourth-order valence-corrected chi connectivity index (χ4v) is 9.07. The maximum atomic E-state index is 13.2. The van der Waals surface area contributed by atoms with Crippen LogP contribution in [0.15, 0.2) is 0 Å². The first-order valence-corrected chi connectivity index (χ1v) is 12.3. The van der Waals surface area contributed by atoms with Crippen LogP contribution < -0.4 is 0 Å². The van der Waals surface area contributed by atoms with E-state index in [0.29, 0.717) is 23.7 Å². The number of aliphatic hydroxyl groups is 2. The average Bonchev–Trinajstić information content (AvgIpc) is 3.04. The predicted molar refractivity (Wildman–Crippen MR) is 112 cm³/mol. The van der Waals surface area contributed by atoms with Crippen LogP contribution in [0.4, 0.5) is 13.2 Å². The fraction of sp³-hybridized carbons (Fsp3) is 1.00. The number of rotatable bonds is 3. The molecule has 2 nitrogen and oxygen atoms in total. The van der Waals surface area contributed by atoms with Gasteiger partial charge >= 0.3 is 6.18 Å². The summed E-state index contributed by atoms with van der Waals surface area (Å²) in [4.78, 5) is 0. The van der Waals surface area contributed by atoms with Gasteiger partial charge in [-0.3, -0.25) is 0 Å². The van der Waals surface area contributed by atoms with Gasteiger partial charge in [0, 0.05) is 0 Å². The Labute approximate surface area is 180 Å². The number of hydrogen-bond acceptors (Lipinski definition) is 2. The van der Waals surface area contributed by atoms with Gasteiger partial charge in [0.2, 0.25) is 0 Å². The standard InChI is InChI=1S/C25H41F3O2/c1-5-24(30)13-12-22(3)16(14-24)6-7-17-19-9-8-18(15(2)21(29)25(26,27)28)23(19,4)11-10-20(17)22/h15-21,29-30H,5-14H2,1-4H3/t15-,16?,17?,18?,19?,20?,21+,22?,23?,24?/m0/s1. The van der Waals surface area contributed by atoms with E-state index >= 15 is 0 Å². The van der Waals surface area contributed by atoms with Crippen molar-refractivity contribution in [2.24, 2.45) is 46.3 Å². The molecule has 8 unspecified atom stereocenters. The number of aliphatic hydroxyl groups excluding tert-OH is 1. The van der Waals surface area contributed by atoms with Crippen molar-refractivity contribution < 1.29 is 23.4 Å². The number of alkyl halides is 3. The third kappa shape index (κ3) is 3.36. The van der Waals surface area contributed by atoms with E-state index in [4.69, 9.17) is 0 Å². The molecule has 10 atom stereocenters. The van der Waals surface area contributed by atoms with Crippen LogP contribution in [0.1, 0.15) is 91.9 Å². The van der Waals surface area contributed by atoms with Gasteiger partial charge in [-0.1, -0.05) is 27.7 Å². The molecule has 2 N–H and O–H groups in total. The Morgan fingerprint density at radius 2 is 1.60 bits per heavy atom. The zero-order valence-corrected chi connectivity index (χ0v) is 19.1. The van der Waals surface area contributed by atoms with E-state index in [1.54, 1.807) is 6.92 Å². The first-order chi connectivity index (χ1) is 13.9. The number of fused-ring (bicyclic) bond motifs is 5. The van der Waals surface area contributed by atoms with Gasteiger partial charge in [-0.15, -0.1) is 0 Å². The molecule has 0 aromatic rings. The molecule has 4 fully saturated rings. The highest BCUT2D eigenvalue weighted by Gasteiger charge is 2.62. The number of halogens is 3. The van der Waals surface area contributed by atoms with Gasteiger partial charge in [-0.2, -0.15) is 13.2 Å². The van der Waals surface area contributed by atoms with Crippen LogP contribution in [0.2, 0.25) is 0 Å². The van der Waals surface area contributed by atoms with Gasteiger partial charge in [0.25, 0.3) is 0 Å². The van der Waals surface area contributed by atoms with Crippen LogP contribution in [0.3, 0.4) is 0 Å². The van der Waals surface area contributed by atoms with E-state index in [1.165, 1.54) is 0 Å². The molecule has 4 saturated carbocycles. The van der Waals surface area contributed by atoms with E-state index in [1.807, 2.05) is 0 Å². The lowest BCUT2D eigenvalue weighted by atomic mass is 9.43. The second-order valence-electron chi connectivity index (χ2n) is 12.0. The third-order valence-electron chi connectivity index (χ3n) is 11.0. The zero-order valence-electron chi connectivity index (χ0n) is 19.1. The van der Waals surface area contributed by atoms with Gasteiger partial charge in [0.1, 0.15) is 0 Å². The molecule has 30 heavy (non-hydrogen) atoms. The van der Waals surface area contributed by atoms with Gasteiger partial charge < -0.3 is 10.2 Å². The van der Waals surface area contributed by atoms with Crippen molar-refractivity contribution >= 4 is 0 Å². The molecule has 4 aliphatic carbocycles. The van der Waals surface area contributed by atoms with Gasteiger partial charge in [0.05, 0.1) is 5.60 Å². The summed E-state index contributed by atoms with van der Waals surface area (Å²) in [7, 11) is 0. The third-order valence-corrected chi connectivity index (χ3v) is 11.0. The Kier molecular flexibility index (Phi) is 5.62. The Bertz CT molecular complexity index is 651. The Morgan fingerprint density at radius 1 is 0.933 bits per heavy atom. The summed E-state index contributed by atoms with van der Waals surface area (Å²) in [6, 6.07) is 0. The minimum Gasteiger partial charge on any atom is -0.390 e. The van der Waals surface area contributed by atoms with E-state index < -0.39 is 23.8 Å². The first kappa shape index (κ1) is 22.9. The Morgan fingerprint density at radius 3 is 2.23 bits per heavy atom. The molecule has 0 heterocycles. The lowest BCUT2D eigenvalue weighted by molar-refractivity contribution is -0.228. The average molecular weight is 431 g/mol. The van der Waals surface area contributed by atoms with E-state index in [0.717, 1.165) is 64.2 Å². The maximum Gasteiger partial charge on any atom is 0.414 e. The number of hydrogen-bond donors (Lipinski definition) is 2. The highest BCUT2D eigenvalue weighted by Crippen LogP contribution is 2.69. The minimum absolute atomic E-state index is 0.0536. The van der Waals surface area contributed by atoms with Gasteiger partial charge in [-0.25, -0.2) is 0 Å². The van der Waals surface area contributed by atoms with Crippen LogP contribution in [0.5, 0.6) is 0 Å². The second kappa shape index (κ2) is 7.37. The molecule has 4 aliphatic rings. The van der Waals surface area contributed by atoms with Crippen molar-refractivity contribution in [2.75, 3.05) is 0 Å². The molecule has 0 radical (unpaired) electrons. The lowest BCUT2D eigenvalue weighted by Crippen LogP contribution is -2.56. The van der Waals surface area contributed by atoms with Gasteiger partial charge in [0.15, 0.2) is 6.10 Å². The van der Waals surface area contributed by atoms with Crippen molar-refractivity contribution in [3.05, 3.63) is 0 Å². The molecule has 5 heteroatoms. The summed E-state index contributed by atoms with van der Waals surface area (Å²) in [5.41, 5.74) is -0.322. The fourth-order valence-electron chi connectivity index (χ4n) is 9.07. The minimum atomic E-state index is -4.53. The smallest absolute Gasteiger partial charge is 0.390 e. The van der Waals surface area contributed by atoms with Crippen molar-refractivity contribution in [3.63, 3.8) is 0 Å². The topological polar surface area (TPSA) is 40.5 Å². The van der Waals surface area contributed by atoms with E-state index in [-0.39, 0.29) is 16.7 Å². The quantitative estimate of drug-likeness (QED) is 0.548. The maximum absolute atomic E-state index is 13.2. The molecule has 0 bridgehead atoms. The normalized spacial score (nSPS) is 50.9. The highest BCUT2D eigenvalue weighted by molar-refractivity contribution is 5.11. The molecule has 0 aliphatic heterocycles.